The molecule has 0 radical (unpaired) electrons. The Labute approximate surface area is 118 Å². The number of nitrogens with zero attached hydrogens (tertiary/aromatic N) is 1. The van der Waals surface area contributed by atoms with Crippen molar-refractivity contribution >= 4 is 0 Å². The molecule has 5 aliphatic rings. The Kier molecular flexibility index (Phi) is 3.15. The monoisotopic (exact) mass is 262 g/mol. The SMILES string of the molecule is CC1CNCCCN1CC12CC3CC(CC(C3)C1)C2. The van der Waals surface area contributed by atoms with Gasteiger partial charge in [0.15, 0.2) is 0 Å². The third kappa shape index (κ3) is 2.35. The maximum Gasteiger partial charge on any atom is 0.0192 e. The molecule has 1 atom stereocenters. The van der Waals surface area contributed by atoms with Crippen molar-refractivity contribution in [2.45, 2.75) is 57.9 Å². The van der Waals surface area contributed by atoms with Crippen LogP contribution in [-0.4, -0.2) is 37.1 Å². The second kappa shape index (κ2) is 4.73. The van der Waals surface area contributed by atoms with Gasteiger partial charge in [-0.3, -0.25) is 4.90 Å². The standard InChI is InChI=1S/C17H30N2/c1-13-11-18-3-2-4-19(13)12-17-8-14-5-15(9-17)7-16(6-14)10-17/h13-16,18H,2-12H2,1H3. The minimum Gasteiger partial charge on any atom is -0.315 e. The Balaban J connectivity index is 1.49. The molecular formula is C17H30N2. The zero-order valence-corrected chi connectivity index (χ0v) is 12.5. The predicted molar refractivity (Wildman–Crippen MR) is 79.1 cm³/mol. The first-order valence-corrected chi connectivity index (χ1v) is 8.67. The largest absolute Gasteiger partial charge is 0.315 e. The fourth-order valence-electron chi connectivity index (χ4n) is 6.22. The molecule has 1 heterocycles. The van der Waals surface area contributed by atoms with E-state index >= 15 is 0 Å². The van der Waals surface area contributed by atoms with Crippen LogP contribution >= 0.6 is 0 Å². The molecule has 1 saturated heterocycles. The Morgan fingerprint density at radius 1 is 1.05 bits per heavy atom. The van der Waals surface area contributed by atoms with Crippen molar-refractivity contribution in [2.75, 3.05) is 26.2 Å². The molecule has 4 bridgehead atoms. The first kappa shape index (κ1) is 12.6. The molecule has 5 fully saturated rings. The minimum absolute atomic E-state index is 0.730. The average molecular weight is 262 g/mol. The quantitative estimate of drug-likeness (QED) is 0.823. The number of rotatable bonds is 2. The van der Waals surface area contributed by atoms with E-state index in [1.54, 1.807) is 38.5 Å². The second-order valence-electron chi connectivity index (χ2n) is 8.29. The first-order valence-electron chi connectivity index (χ1n) is 8.67. The summed E-state index contributed by atoms with van der Waals surface area (Å²) in [7, 11) is 0. The van der Waals surface area contributed by atoms with E-state index in [-0.39, 0.29) is 0 Å². The van der Waals surface area contributed by atoms with E-state index in [0.29, 0.717) is 0 Å². The minimum atomic E-state index is 0.730. The van der Waals surface area contributed by atoms with Crippen molar-refractivity contribution in [3.63, 3.8) is 0 Å². The highest BCUT2D eigenvalue weighted by Gasteiger charge is 2.51. The Morgan fingerprint density at radius 3 is 2.32 bits per heavy atom. The van der Waals surface area contributed by atoms with Gasteiger partial charge in [0.25, 0.3) is 0 Å². The predicted octanol–water partition coefficient (Wildman–Crippen LogP) is 2.89. The van der Waals surface area contributed by atoms with Crippen LogP contribution in [0.2, 0.25) is 0 Å². The third-order valence-electron chi connectivity index (χ3n) is 6.57. The molecule has 0 aromatic heterocycles. The average Bonchev–Trinajstić information content (AvgIpc) is 2.53. The van der Waals surface area contributed by atoms with Crippen molar-refractivity contribution in [3.05, 3.63) is 0 Å². The molecule has 108 valence electrons. The molecule has 0 spiro atoms. The van der Waals surface area contributed by atoms with Gasteiger partial charge in [-0.1, -0.05) is 0 Å². The molecule has 0 aromatic carbocycles. The van der Waals surface area contributed by atoms with Gasteiger partial charge in [-0.05, 0) is 88.1 Å². The molecule has 4 saturated carbocycles. The van der Waals surface area contributed by atoms with Crippen molar-refractivity contribution in [1.82, 2.24) is 10.2 Å². The topological polar surface area (TPSA) is 15.3 Å². The second-order valence-corrected chi connectivity index (χ2v) is 8.29. The molecule has 1 aliphatic heterocycles. The van der Waals surface area contributed by atoms with Crippen LogP contribution in [0.1, 0.15) is 51.9 Å². The highest BCUT2D eigenvalue weighted by molar-refractivity contribution is 5.03. The van der Waals surface area contributed by atoms with Crippen molar-refractivity contribution in [1.29, 1.82) is 0 Å². The summed E-state index contributed by atoms with van der Waals surface area (Å²) in [6.07, 6.45) is 10.8. The third-order valence-corrected chi connectivity index (χ3v) is 6.57. The number of nitrogens with one attached hydrogen (secondary N) is 1. The van der Waals surface area contributed by atoms with Gasteiger partial charge in [-0.25, -0.2) is 0 Å². The molecule has 0 aromatic rings. The van der Waals surface area contributed by atoms with Crippen molar-refractivity contribution < 1.29 is 0 Å². The van der Waals surface area contributed by atoms with Gasteiger partial charge in [0.05, 0.1) is 0 Å². The molecule has 1 unspecified atom stereocenters. The summed E-state index contributed by atoms with van der Waals surface area (Å²) in [5.74, 6) is 3.31. The van der Waals surface area contributed by atoms with Crippen LogP contribution in [-0.2, 0) is 0 Å². The summed E-state index contributed by atoms with van der Waals surface area (Å²) < 4.78 is 0. The van der Waals surface area contributed by atoms with Crippen molar-refractivity contribution in [3.8, 4) is 0 Å². The van der Waals surface area contributed by atoms with E-state index in [0.717, 1.165) is 29.2 Å². The molecule has 1 N–H and O–H groups in total. The van der Waals surface area contributed by atoms with Crippen LogP contribution in [0.5, 0.6) is 0 Å². The van der Waals surface area contributed by atoms with E-state index in [1.165, 1.54) is 32.6 Å². The lowest BCUT2D eigenvalue weighted by molar-refractivity contribution is -0.0727. The van der Waals surface area contributed by atoms with Gasteiger partial charge in [-0.15, -0.1) is 0 Å². The summed E-state index contributed by atoms with van der Waals surface area (Å²) in [5, 5.41) is 3.59. The fourth-order valence-corrected chi connectivity index (χ4v) is 6.22. The lowest BCUT2D eigenvalue weighted by Crippen LogP contribution is -2.53. The summed E-state index contributed by atoms with van der Waals surface area (Å²) in [6.45, 7) is 7.60. The van der Waals surface area contributed by atoms with Gasteiger partial charge in [0, 0.05) is 19.1 Å². The summed E-state index contributed by atoms with van der Waals surface area (Å²) in [4.78, 5) is 2.83. The first-order chi connectivity index (χ1) is 9.22. The molecule has 0 amide bonds. The van der Waals surface area contributed by atoms with Gasteiger partial charge in [0.1, 0.15) is 0 Å². The Bertz CT molecular complexity index is 303. The van der Waals surface area contributed by atoms with E-state index in [2.05, 4.69) is 17.1 Å². The van der Waals surface area contributed by atoms with E-state index in [1.807, 2.05) is 0 Å². The maximum absolute atomic E-state index is 3.59. The highest BCUT2D eigenvalue weighted by Crippen LogP contribution is 2.60. The molecule has 2 nitrogen and oxygen atoms in total. The molecule has 2 heteroatoms. The lowest BCUT2D eigenvalue weighted by Gasteiger charge is -2.58. The summed E-state index contributed by atoms with van der Waals surface area (Å²) in [5.41, 5.74) is 0.730. The zero-order chi connectivity index (χ0) is 12.9. The molecule has 5 rings (SSSR count). The summed E-state index contributed by atoms with van der Waals surface area (Å²) >= 11 is 0. The van der Waals surface area contributed by atoms with Crippen LogP contribution in [0, 0.1) is 23.2 Å². The smallest absolute Gasteiger partial charge is 0.0192 e. The van der Waals surface area contributed by atoms with Crippen LogP contribution in [0.25, 0.3) is 0 Å². The molecule has 4 aliphatic carbocycles. The van der Waals surface area contributed by atoms with Gasteiger partial charge in [0.2, 0.25) is 0 Å². The number of hydrogen-bond donors (Lipinski definition) is 1. The molecular weight excluding hydrogens is 232 g/mol. The molecule has 19 heavy (non-hydrogen) atoms. The highest BCUT2D eigenvalue weighted by atomic mass is 15.2. The van der Waals surface area contributed by atoms with Crippen LogP contribution in [0.15, 0.2) is 0 Å². The van der Waals surface area contributed by atoms with E-state index in [9.17, 15) is 0 Å². The van der Waals surface area contributed by atoms with Crippen molar-refractivity contribution in [2.24, 2.45) is 23.2 Å². The lowest BCUT2D eigenvalue weighted by atomic mass is 9.49. The zero-order valence-electron chi connectivity index (χ0n) is 12.5. The van der Waals surface area contributed by atoms with Crippen LogP contribution < -0.4 is 5.32 Å². The Morgan fingerprint density at radius 2 is 1.68 bits per heavy atom. The Hall–Kier alpha value is -0.0800. The van der Waals surface area contributed by atoms with Gasteiger partial charge < -0.3 is 5.32 Å². The fraction of sp³-hybridized carbons (Fsp3) is 1.00. The van der Waals surface area contributed by atoms with E-state index < -0.39 is 0 Å². The number of hydrogen-bond acceptors (Lipinski definition) is 2. The van der Waals surface area contributed by atoms with Gasteiger partial charge >= 0.3 is 0 Å². The van der Waals surface area contributed by atoms with Gasteiger partial charge in [-0.2, -0.15) is 0 Å². The van der Waals surface area contributed by atoms with Crippen LogP contribution in [0.3, 0.4) is 0 Å². The summed E-state index contributed by atoms with van der Waals surface area (Å²) in [6, 6.07) is 0.746. The van der Waals surface area contributed by atoms with E-state index in [4.69, 9.17) is 0 Å². The normalized spacial score (nSPS) is 50.4. The van der Waals surface area contributed by atoms with Crippen LogP contribution in [0.4, 0.5) is 0 Å². The maximum atomic E-state index is 3.59.